The van der Waals surface area contributed by atoms with E-state index in [1.807, 2.05) is 37.3 Å². The molecular weight excluding hydrogens is 338 g/mol. The third kappa shape index (κ3) is 2.62. The maximum Gasteiger partial charge on any atom is 0.268 e. The van der Waals surface area contributed by atoms with Gasteiger partial charge in [-0.2, -0.15) is 4.98 Å². The number of nitrogens with two attached hydrogens (primary N) is 1. The first-order valence-corrected chi connectivity index (χ1v) is 7.66. The normalized spacial score (nSPS) is 10.9. The summed E-state index contributed by atoms with van der Waals surface area (Å²) in [5.74, 6) is 1.20. The largest absolute Gasteiger partial charge is 0.391 e. The second kappa shape index (κ2) is 5.38. The van der Waals surface area contributed by atoms with Crippen LogP contribution in [0.5, 0.6) is 0 Å². The van der Waals surface area contributed by atoms with Crippen LogP contribution in [0.3, 0.4) is 0 Å². The SMILES string of the molecule is Cc1cc(N)sc1-c1nc(Cc2ccccc2Br)no1. The summed E-state index contributed by atoms with van der Waals surface area (Å²) < 4.78 is 6.38. The number of rotatable bonds is 3. The molecule has 3 rings (SSSR count). The second-order valence-corrected chi connectivity index (χ2v) is 6.38. The predicted octanol–water partition coefficient (Wildman–Crippen LogP) is 4.04. The van der Waals surface area contributed by atoms with Gasteiger partial charge in [-0.15, -0.1) is 11.3 Å². The van der Waals surface area contributed by atoms with Crippen LogP contribution < -0.4 is 5.73 Å². The summed E-state index contributed by atoms with van der Waals surface area (Å²) in [6, 6.07) is 9.92. The lowest BCUT2D eigenvalue weighted by Gasteiger charge is -1.99. The summed E-state index contributed by atoms with van der Waals surface area (Å²) in [6.45, 7) is 1.99. The number of aryl methyl sites for hydroxylation is 1. The first-order chi connectivity index (χ1) is 9.63. The summed E-state index contributed by atoms with van der Waals surface area (Å²) in [6.07, 6.45) is 0.630. The highest BCUT2D eigenvalue weighted by molar-refractivity contribution is 9.10. The minimum Gasteiger partial charge on any atom is -0.391 e. The van der Waals surface area contributed by atoms with E-state index in [-0.39, 0.29) is 0 Å². The number of anilines is 1. The average molecular weight is 350 g/mol. The average Bonchev–Trinajstić information content (AvgIpc) is 2.99. The van der Waals surface area contributed by atoms with Crippen molar-refractivity contribution in [2.45, 2.75) is 13.3 Å². The molecule has 0 saturated heterocycles. The van der Waals surface area contributed by atoms with Gasteiger partial charge in [0.15, 0.2) is 5.82 Å². The molecular formula is C14H12BrN3OS. The molecule has 0 atom stereocenters. The van der Waals surface area contributed by atoms with E-state index in [1.54, 1.807) is 0 Å². The molecule has 0 aliphatic rings. The van der Waals surface area contributed by atoms with Gasteiger partial charge in [0.1, 0.15) is 0 Å². The van der Waals surface area contributed by atoms with Gasteiger partial charge in [-0.3, -0.25) is 0 Å². The number of benzene rings is 1. The van der Waals surface area contributed by atoms with Gasteiger partial charge in [-0.1, -0.05) is 39.3 Å². The molecule has 0 bridgehead atoms. The van der Waals surface area contributed by atoms with Crippen molar-refractivity contribution in [2.24, 2.45) is 0 Å². The van der Waals surface area contributed by atoms with Crippen molar-refractivity contribution in [3.8, 4) is 10.8 Å². The van der Waals surface area contributed by atoms with Crippen molar-refractivity contribution >= 4 is 32.3 Å². The van der Waals surface area contributed by atoms with E-state index in [2.05, 4.69) is 26.1 Å². The van der Waals surface area contributed by atoms with Crippen LogP contribution in [-0.4, -0.2) is 10.1 Å². The lowest BCUT2D eigenvalue weighted by Crippen LogP contribution is -1.91. The number of hydrogen-bond donors (Lipinski definition) is 1. The fourth-order valence-electron chi connectivity index (χ4n) is 1.95. The Balaban J connectivity index is 1.88. The van der Waals surface area contributed by atoms with Crippen LogP contribution in [0.1, 0.15) is 17.0 Å². The first-order valence-electron chi connectivity index (χ1n) is 6.06. The molecule has 4 nitrogen and oxygen atoms in total. The quantitative estimate of drug-likeness (QED) is 0.774. The smallest absolute Gasteiger partial charge is 0.268 e. The fourth-order valence-corrected chi connectivity index (χ4v) is 3.24. The number of nitrogen functional groups attached to an aromatic ring is 1. The molecule has 6 heteroatoms. The van der Waals surface area contributed by atoms with E-state index in [9.17, 15) is 0 Å². The van der Waals surface area contributed by atoms with Gasteiger partial charge in [0.05, 0.1) is 9.88 Å². The Morgan fingerprint density at radius 3 is 2.85 bits per heavy atom. The Morgan fingerprint density at radius 1 is 1.35 bits per heavy atom. The van der Waals surface area contributed by atoms with Crippen molar-refractivity contribution in [1.29, 1.82) is 0 Å². The van der Waals surface area contributed by atoms with Crippen molar-refractivity contribution in [2.75, 3.05) is 5.73 Å². The zero-order chi connectivity index (χ0) is 14.1. The molecule has 0 aliphatic heterocycles. The summed E-state index contributed by atoms with van der Waals surface area (Å²) in [4.78, 5) is 5.39. The van der Waals surface area contributed by atoms with E-state index in [4.69, 9.17) is 10.3 Å². The highest BCUT2D eigenvalue weighted by atomic mass is 79.9. The standard InChI is InChI=1S/C14H12BrN3OS/c1-8-6-11(16)20-13(8)14-17-12(18-19-14)7-9-4-2-3-5-10(9)15/h2-6H,7,16H2,1H3. The summed E-state index contributed by atoms with van der Waals surface area (Å²) in [5, 5.41) is 4.79. The van der Waals surface area contributed by atoms with E-state index in [1.165, 1.54) is 11.3 Å². The minimum absolute atomic E-state index is 0.534. The Morgan fingerprint density at radius 2 is 2.15 bits per heavy atom. The minimum atomic E-state index is 0.534. The molecule has 1 aromatic carbocycles. The van der Waals surface area contributed by atoms with E-state index >= 15 is 0 Å². The molecule has 20 heavy (non-hydrogen) atoms. The van der Waals surface area contributed by atoms with Crippen molar-refractivity contribution in [3.63, 3.8) is 0 Å². The maximum absolute atomic E-state index is 5.79. The Labute approximate surface area is 128 Å². The van der Waals surface area contributed by atoms with Crippen LogP contribution in [0, 0.1) is 6.92 Å². The molecule has 0 saturated carbocycles. The van der Waals surface area contributed by atoms with Gasteiger partial charge in [-0.05, 0) is 30.2 Å². The highest BCUT2D eigenvalue weighted by Crippen LogP contribution is 2.32. The van der Waals surface area contributed by atoms with E-state index < -0.39 is 0 Å². The molecule has 0 fully saturated rings. The predicted molar refractivity (Wildman–Crippen MR) is 83.7 cm³/mol. The zero-order valence-corrected chi connectivity index (χ0v) is 13.2. The fraction of sp³-hybridized carbons (Fsp3) is 0.143. The second-order valence-electron chi connectivity index (χ2n) is 4.44. The maximum atomic E-state index is 5.79. The van der Waals surface area contributed by atoms with Crippen molar-refractivity contribution < 1.29 is 4.52 Å². The molecule has 3 aromatic rings. The summed E-state index contributed by atoms with van der Waals surface area (Å²) >= 11 is 4.98. The van der Waals surface area contributed by atoms with Gasteiger partial charge in [0, 0.05) is 10.9 Å². The molecule has 2 N–H and O–H groups in total. The van der Waals surface area contributed by atoms with Crippen LogP contribution in [-0.2, 0) is 6.42 Å². The Hall–Kier alpha value is -1.66. The van der Waals surface area contributed by atoms with Gasteiger partial charge in [-0.25, -0.2) is 0 Å². The molecule has 0 spiro atoms. The van der Waals surface area contributed by atoms with Gasteiger partial charge in [0.2, 0.25) is 0 Å². The third-order valence-corrected chi connectivity index (χ3v) is 4.73. The van der Waals surface area contributed by atoms with Crippen LogP contribution >= 0.6 is 27.3 Å². The molecule has 0 unspecified atom stereocenters. The Bertz CT molecular complexity index is 750. The van der Waals surface area contributed by atoms with Gasteiger partial charge >= 0.3 is 0 Å². The molecule has 0 amide bonds. The lowest BCUT2D eigenvalue weighted by molar-refractivity contribution is 0.424. The van der Waals surface area contributed by atoms with Crippen LogP contribution in [0.25, 0.3) is 10.8 Å². The monoisotopic (exact) mass is 349 g/mol. The summed E-state index contributed by atoms with van der Waals surface area (Å²) in [5.41, 5.74) is 7.98. The van der Waals surface area contributed by atoms with Crippen LogP contribution in [0.4, 0.5) is 5.00 Å². The molecule has 0 aliphatic carbocycles. The van der Waals surface area contributed by atoms with Gasteiger partial charge < -0.3 is 10.3 Å². The Kier molecular flexibility index (Phi) is 3.58. The number of thiophene rings is 1. The van der Waals surface area contributed by atoms with E-state index in [0.29, 0.717) is 18.1 Å². The number of aromatic nitrogens is 2. The zero-order valence-electron chi connectivity index (χ0n) is 10.8. The first kappa shape index (κ1) is 13.3. The number of halogens is 1. The van der Waals surface area contributed by atoms with Crippen molar-refractivity contribution in [3.05, 3.63) is 51.8 Å². The lowest BCUT2D eigenvalue weighted by atomic mass is 10.1. The summed E-state index contributed by atoms with van der Waals surface area (Å²) in [7, 11) is 0. The molecule has 2 aromatic heterocycles. The number of hydrogen-bond acceptors (Lipinski definition) is 5. The molecule has 102 valence electrons. The topological polar surface area (TPSA) is 64.9 Å². The van der Waals surface area contributed by atoms with Crippen LogP contribution in [0.15, 0.2) is 39.3 Å². The third-order valence-electron chi connectivity index (χ3n) is 2.91. The van der Waals surface area contributed by atoms with Crippen LogP contribution in [0.2, 0.25) is 0 Å². The molecule has 0 radical (unpaired) electrons. The van der Waals surface area contributed by atoms with Crippen molar-refractivity contribution in [1.82, 2.24) is 10.1 Å². The highest BCUT2D eigenvalue weighted by Gasteiger charge is 2.14. The number of nitrogens with zero attached hydrogens (tertiary/aromatic N) is 2. The van der Waals surface area contributed by atoms with Gasteiger partial charge in [0.25, 0.3) is 5.89 Å². The van der Waals surface area contributed by atoms with E-state index in [0.717, 1.165) is 25.5 Å². The molecule has 2 heterocycles.